The van der Waals surface area contributed by atoms with Gasteiger partial charge in [0.2, 0.25) is 15.8 Å². The molecule has 0 heterocycles. The number of allylic oxidation sites excluding steroid dienone is 1. The monoisotopic (exact) mass is 439 g/mol. The van der Waals surface area contributed by atoms with Crippen LogP contribution in [0.2, 0.25) is 0 Å². The van der Waals surface area contributed by atoms with Crippen LogP contribution in [-0.2, 0) is 20.5 Å². The van der Waals surface area contributed by atoms with E-state index in [1.165, 1.54) is 12.1 Å². The van der Waals surface area contributed by atoms with Crippen LogP contribution in [0.15, 0.2) is 69.6 Å². The number of unbranched alkanes of at least 4 members (excludes halogenated alkanes) is 1. The first-order valence-electron chi connectivity index (χ1n) is 8.76. The molecule has 148 valence electrons. The second-order valence-electron chi connectivity index (χ2n) is 6.30. The van der Waals surface area contributed by atoms with Crippen molar-refractivity contribution in [3.63, 3.8) is 0 Å². The molecular formula is C20H19Cl2NO4S. The average molecular weight is 440 g/mol. The summed E-state index contributed by atoms with van der Waals surface area (Å²) in [6.45, 7) is 2.20. The number of sulfonamides is 1. The highest BCUT2D eigenvalue weighted by Gasteiger charge is 2.48. The van der Waals surface area contributed by atoms with Crippen LogP contribution in [0, 0.1) is 0 Å². The molecule has 0 fully saturated rings. The van der Waals surface area contributed by atoms with Crippen molar-refractivity contribution in [2.24, 2.45) is 0 Å². The number of rotatable bonds is 7. The zero-order valence-corrected chi connectivity index (χ0v) is 17.4. The average Bonchev–Trinajstić information content (AvgIpc) is 2.71. The van der Waals surface area contributed by atoms with Crippen LogP contribution < -0.4 is 4.72 Å². The van der Waals surface area contributed by atoms with E-state index in [2.05, 4.69) is 4.72 Å². The van der Waals surface area contributed by atoms with Crippen LogP contribution >= 0.6 is 23.2 Å². The maximum atomic E-state index is 13.1. The van der Waals surface area contributed by atoms with E-state index in [1.807, 2.05) is 6.92 Å². The van der Waals surface area contributed by atoms with Crippen molar-refractivity contribution < 1.29 is 17.9 Å². The Labute approximate surface area is 174 Å². The van der Waals surface area contributed by atoms with E-state index in [1.54, 1.807) is 42.5 Å². The number of carbonyl (C=O) groups excluding carboxylic acids is 1. The Morgan fingerprint density at radius 2 is 1.68 bits per heavy atom. The first-order chi connectivity index (χ1) is 13.3. The van der Waals surface area contributed by atoms with Crippen molar-refractivity contribution in [1.82, 2.24) is 4.72 Å². The third-order valence-electron chi connectivity index (χ3n) is 4.40. The second-order valence-corrected chi connectivity index (χ2v) is 8.74. The molecule has 1 aliphatic rings. The highest BCUT2D eigenvalue weighted by molar-refractivity contribution is 7.89. The molecule has 0 saturated heterocycles. The van der Waals surface area contributed by atoms with Gasteiger partial charge in [0.1, 0.15) is 5.03 Å². The molecule has 28 heavy (non-hydrogen) atoms. The normalized spacial score (nSPS) is 19.6. The minimum absolute atomic E-state index is 0.0448. The standard InChI is InChI=1S/C20H19Cl2NO4S/c1-2-3-13-27-20(23-28(25,26)14-9-5-4-6-10-14)16-12-8-7-11-15(16)18(24)17(21)19(20)22/h4-12,23H,2-3,13H2,1H3. The van der Waals surface area contributed by atoms with Crippen LogP contribution in [-0.4, -0.2) is 20.8 Å². The van der Waals surface area contributed by atoms with Crippen LogP contribution in [0.4, 0.5) is 0 Å². The minimum atomic E-state index is -4.04. The molecule has 5 nitrogen and oxygen atoms in total. The van der Waals surface area contributed by atoms with Gasteiger partial charge in [-0.15, -0.1) is 0 Å². The van der Waals surface area contributed by atoms with E-state index >= 15 is 0 Å². The highest BCUT2D eigenvalue weighted by atomic mass is 35.5. The largest absolute Gasteiger partial charge is 0.350 e. The molecule has 1 unspecified atom stereocenters. The van der Waals surface area contributed by atoms with Crippen molar-refractivity contribution in [2.45, 2.75) is 30.4 Å². The molecule has 0 radical (unpaired) electrons. The lowest BCUT2D eigenvalue weighted by Gasteiger charge is -2.38. The molecule has 1 N–H and O–H groups in total. The maximum absolute atomic E-state index is 13.1. The molecule has 8 heteroatoms. The summed E-state index contributed by atoms with van der Waals surface area (Å²) >= 11 is 12.7. The molecule has 0 spiro atoms. The number of halogens is 2. The molecule has 0 aromatic heterocycles. The maximum Gasteiger partial charge on any atom is 0.243 e. The number of ether oxygens (including phenoxy) is 1. The zero-order valence-electron chi connectivity index (χ0n) is 15.1. The molecule has 1 aliphatic carbocycles. The molecular weight excluding hydrogens is 421 g/mol. The number of Topliss-reactive ketones (excluding diaryl/α,β-unsaturated/α-hetero) is 1. The topological polar surface area (TPSA) is 72.5 Å². The van der Waals surface area contributed by atoms with Gasteiger partial charge >= 0.3 is 0 Å². The van der Waals surface area contributed by atoms with E-state index in [0.717, 1.165) is 6.42 Å². The molecule has 0 aliphatic heterocycles. The molecule has 0 bridgehead atoms. The fourth-order valence-corrected chi connectivity index (χ4v) is 4.83. The smallest absolute Gasteiger partial charge is 0.243 e. The number of nitrogens with one attached hydrogen (secondary N) is 1. The van der Waals surface area contributed by atoms with E-state index in [-0.39, 0.29) is 27.1 Å². The number of fused-ring (bicyclic) bond motifs is 1. The molecule has 0 saturated carbocycles. The number of hydrogen-bond donors (Lipinski definition) is 1. The summed E-state index contributed by atoms with van der Waals surface area (Å²) < 4.78 is 34.7. The number of ketones is 1. The van der Waals surface area contributed by atoms with Gasteiger partial charge in [0, 0.05) is 17.7 Å². The molecule has 2 aromatic rings. The van der Waals surface area contributed by atoms with Gasteiger partial charge in [-0.3, -0.25) is 4.79 Å². The van der Waals surface area contributed by atoms with Crippen LogP contribution in [0.1, 0.15) is 35.7 Å². The Kier molecular flexibility index (Phi) is 6.27. The van der Waals surface area contributed by atoms with E-state index < -0.39 is 21.5 Å². The van der Waals surface area contributed by atoms with Gasteiger partial charge in [-0.25, -0.2) is 8.42 Å². The fourth-order valence-electron chi connectivity index (χ4n) is 2.97. The number of benzene rings is 2. The first-order valence-corrected chi connectivity index (χ1v) is 11.0. The lowest BCUT2D eigenvalue weighted by Crippen LogP contribution is -2.51. The van der Waals surface area contributed by atoms with Gasteiger partial charge < -0.3 is 4.74 Å². The summed E-state index contributed by atoms with van der Waals surface area (Å²) in [5, 5.41) is -0.471. The lowest BCUT2D eigenvalue weighted by atomic mass is 9.89. The lowest BCUT2D eigenvalue weighted by molar-refractivity contribution is -0.0280. The summed E-state index contributed by atoms with van der Waals surface area (Å²) in [6.07, 6.45) is 1.50. The number of hydrogen-bond acceptors (Lipinski definition) is 4. The SMILES string of the molecule is CCCCOC1(NS(=O)(=O)c2ccccc2)C(Cl)=C(Cl)C(=O)c2ccccc21. The Balaban J connectivity index is 2.19. The van der Waals surface area contributed by atoms with Gasteiger partial charge in [-0.2, -0.15) is 4.72 Å². The molecule has 3 rings (SSSR count). The summed E-state index contributed by atoms with van der Waals surface area (Å²) in [7, 11) is -4.04. The van der Waals surface area contributed by atoms with Crippen LogP contribution in [0.5, 0.6) is 0 Å². The Morgan fingerprint density at radius 3 is 2.36 bits per heavy atom. The Morgan fingerprint density at radius 1 is 1.04 bits per heavy atom. The van der Waals surface area contributed by atoms with Gasteiger partial charge in [0.15, 0.2) is 5.72 Å². The Bertz CT molecular complexity index is 1020. The summed E-state index contributed by atoms with van der Waals surface area (Å²) in [4.78, 5) is 12.6. The zero-order chi connectivity index (χ0) is 20.4. The number of carbonyl (C=O) groups is 1. The van der Waals surface area contributed by atoms with E-state index in [9.17, 15) is 13.2 Å². The minimum Gasteiger partial charge on any atom is -0.350 e. The van der Waals surface area contributed by atoms with Crippen molar-refractivity contribution in [3.05, 3.63) is 75.8 Å². The van der Waals surface area contributed by atoms with Gasteiger partial charge in [0.25, 0.3) is 0 Å². The van der Waals surface area contributed by atoms with Crippen molar-refractivity contribution in [3.8, 4) is 0 Å². The van der Waals surface area contributed by atoms with Crippen molar-refractivity contribution >= 4 is 39.0 Å². The van der Waals surface area contributed by atoms with E-state index in [0.29, 0.717) is 12.0 Å². The van der Waals surface area contributed by atoms with Crippen LogP contribution in [0.3, 0.4) is 0 Å². The molecule has 1 atom stereocenters. The summed E-state index contributed by atoms with van der Waals surface area (Å²) in [6, 6.07) is 14.4. The summed E-state index contributed by atoms with van der Waals surface area (Å²) in [5.41, 5.74) is -1.23. The predicted molar refractivity (Wildman–Crippen MR) is 109 cm³/mol. The van der Waals surface area contributed by atoms with Gasteiger partial charge in [-0.1, -0.05) is 79.0 Å². The quantitative estimate of drug-likeness (QED) is 0.508. The third-order valence-corrected chi connectivity index (χ3v) is 6.76. The Hall–Kier alpha value is -1.70. The predicted octanol–water partition coefficient (Wildman–Crippen LogP) is 4.52. The second kappa shape index (κ2) is 8.35. The van der Waals surface area contributed by atoms with Crippen LogP contribution in [0.25, 0.3) is 0 Å². The third kappa shape index (κ3) is 3.75. The van der Waals surface area contributed by atoms with Gasteiger partial charge in [-0.05, 0) is 18.6 Å². The first kappa shape index (κ1) is 21.0. The van der Waals surface area contributed by atoms with Crippen molar-refractivity contribution in [2.75, 3.05) is 6.61 Å². The van der Waals surface area contributed by atoms with E-state index in [4.69, 9.17) is 27.9 Å². The van der Waals surface area contributed by atoms with Crippen molar-refractivity contribution in [1.29, 1.82) is 0 Å². The summed E-state index contributed by atoms with van der Waals surface area (Å²) in [5.74, 6) is -0.476. The van der Waals surface area contributed by atoms with Gasteiger partial charge in [0.05, 0.1) is 9.93 Å². The fraction of sp³-hybridized carbons (Fsp3) is 0.250. The molecule has 2 aromatic carbocycles. The molecule has 0 amide bonds. The highest BCUT2D eigenvalue weighted by Crippen LogP contribution is 2.44.